The molecule has 212 valence electrons. The number of rotatable bonds is 10. The van der Waals surface area contributed by atoms with Crippen molar-refractivity contribution in [1.29, 1.82) is 0 Å². The van der Waals surface area contributed by atoms with Crippen molar-refractivity contribution in [2.24, 2.45) is 0 Å². The minimum atomic E-state index is -0.220. The van der Waals surface area contributed by atoms with E-state index >= 15 is 0 Å². The van der Waals surface area contributed by atoms with E-state index in [0.29, 0.717) is 12.6 Å². The fourth-order valence-corrected chi connectivity index (χ4v) is 5.72. The molecule has 3 heterocycles. The van der Waals surface area contributed by atoms with E-state index in [1.54, 1.807) is 0 Å². The molecule has 1 fully saturated rings. The third-order valence-corrected chi connectivity index (χ3v) is 8.23. The number of anilines is 2. The number of imidazole rings is 2. The van der Waals surface area contributed by atoms with Crippen LogP contribution in [0.2, 0.25) is 5.02 Å². The Labute approximate surface area is 245 Å². The van der Waals surface area contributed by atoms with E-state index in [9.17, 15) is 4.39 Å². The molecule has 2 N–H and O–H groups in total. The summed E-state index contributed by atoms with van der Waals surface area (Å²) in [7, 11) is 0. The first kappa shape index (κ1) is 27.3. The number of hydrogen-bond donors (Lipinski definition) is 2. The lowest BCUT2D eigenvalue weighted by atomic mass is 10.1. The molecule has 0 radical (unpaired) electrons. The van der Waals surface area contributed by atoms with E-state index in [1.165, 1.54) is 17.7 Å². The molecule has 3 aromatic carbocycles. The Morgan fingerprint density at radius 3 is 2.51 bits per heavy atom. The third-order valence-electron chi connectivity index (χ3n) is 7.98. The highest BCUT2D eigenvalue weighted by Crippen LogP contribution is 2.25. The second-order valence-electron chi connectivity index (χ2n) is 10.7. The maximum atomic E-state index is 13.5. The van der Waals surface area contributed by atoms with Crippen molar-refractivity contribution in [1.82, 2.24) is 24.0 Å². The van der Waals surface area contributed by atoms with Gasteiger partial charge in [-0.15, -0.1) is 0 Å². The fourth-order valence-electron chi connectivity index (χ4n) is 5.59. The van der Waals surface area contributed by atoms with Gasteiger partial charge >= 0.3 is 0 Å². The Morgan fingerprint density at radius 1 is 0.976 bits per heavy atom. The first-order valence-electron chi connectivity index (χ1n) is 14.2. The smallest absolute Gasteiger partial charge is 0.204 e. The van der Waals surface area contributed by atoms with E-state index < -0.39 is 0 Å². The number of piperidine rings is 1. The molecule has 0 amide bonds. The van der Waals surface area contributed by atoms with Crippen molar-refractivity contribution in [2.45, 2.75) is 38.4 Å². The molecule has 0 saturated carbocycles. The van der Waals surface area contributed by atoms with Crippen LogP contribution in [-0.2, 0) is 6.54 Å². The van der Waals surface area contributed by atoms with Gasteiger partial charge < -0.3 is 24.7 Å². The van der Waals surface area contributed by atoms with E-state index in [1.807, 2.05) is 54.9 Å². The Balaban J connectivity index is 1.03. The van der Waals surface area contributed by atoms with Crippen molar-refractivity contribution in [2.75, 3.05) is 36.8 Å². The minimum absolute atomic E-state index is 0.159. The predicted octanol–water partition coefficient (Wildman–Crippen LogP) is 6.67. The molecule has 0 aliphatic carbocycles. The van der Waals surface area contributed by atoms with Gasteiger partial charge in [-0.1, -0.05) is 48.0 Å². The quantitative estimate of drug-likeness (QED) is 0.196. The summed E-state index contributed by atoms with van der Waals surface area (Å²) in [4.78, 5) is 12.0. The van der Waals surface area contributed by atoms with Crippen molar-refractivity contribution >= 4 is 34.5 Å². The Bertz CT molecular complexity index is 1570. The SMILES string of the molecule is CC(c1ccc(Cl)cc1)n1ccnc1NCCN1CCC(Nc2nc3ccccc3n2Cc2ccc(F)cc2)CC1. The van der Waals surface area contributed by atoms with Crippen LogP contribution in [0.25, 0.3) is 11.0 Å². The number of nitrogens with one attached hydrogen (secondary N) is 2. The van der Waals surface area contributed by atoms with Gasteiger partial charge in [0.15, 0.2) is 0 Å². The highest BCUT2D eigenvalue weighted by molar-refractivity contribution is 6.30. The van der Waals surface area contributed by atoms with Crippen molar-refractivity contribution in [3.63, 3.8) is 0 Å². The summed E-state index contributed by atoms with van der Waals surface area (Å²) in [6.07, 6.45) is 5.95. The van der Waals surface area contributed by atoms with Gasteiger partial charge in [0.2, 0.25) is 11.9 Å². The van der Waals surface area contributed by atoms with Gasteiger partial charge in [-0.25, -0.2) is 14.4 Å². The van der Waals surface area contributed by atoms with E-state index in [0.717, 1.165) is 72.5 Å². The van der Waals surface area contributed by atoms with E-state index in [4.69, 9.17) is 16.6 Å². The van der Waals surface area contributed by atoms with Crippen LogP contribution in [0.5, 0.6) is 0 Å². The second kappa shape index (κ2) is 12.3. The van der Waals surface area contributed by atoms with Gasteiger partial charge in [-0.05, 0) is 67.3 Å². The number of hydrogen-bond acceptors (Lipinski definition) is 5. The molecule has 1 aliphatic heterocycles. The maximum absolute atomic E-state index is 13.5. The lowest BCUT2D eigenvalue weighted by Gasteiger charge is -2.32. The van der Waals surface area contributed by atoms with Gasteiger partial charge in [0.05, 0.1) is 23.6 Å². The first-order chi connectivity index (χ1) is 20.0. The van der Waals surface area contributed by atoms with Crippen LogP contribution >= 0.6 is 11.6 Å². The number of benzene rings is 3. The Hall–Kier alpha value is -3.88. The number of fused-ring (bicyclic) bond motifs is 1. The molecule has 1 atom stereocenters. The van der Waals surface area contributed by atoms with Crippen LogP contribution in [0.1, 0.15) is 36.9 Å². The molecule has 41 heavy (non-hydrogen) atoms. The molecular formula is C32H35ClFN7. The Kier molecular flexibility index (Phi) is 8.21. The van der Waals surface area contributed by atoms with E-state index in [-0.39, 0.29) is 11.9 Å². The predicted molar refractivity (Wildman–Crippen MR) is 164 cm³/mol. The number of para-hydroxylation sites is 2. The zero-order chi connectivity index (χ0) is 28.2. The highest BCUT2D eigenvalue weighted by Gasteiger charge is 2.22. The van der Waals surface area contributed by atoms with Crippen molar-refractivity contribution in [3.05, 3.63) is 107 Å². The fraction of sp³-hybridized carbons (Fsp3) is 0.312. The molecule has 5 aromatic rings. The van der Waals surface area contributed by atoms with Gasteiger partial charge in [-0.3, -0.25) is 0 Å². The van der Waals surface area contributed by atoms with Crippen LogP contribution in [0, 0.1) is 5.82 Å². The minimum Gasteiger partial charge on any atom is -0.354 e. The Morgan fingerprint density at radius 2 is 1.73 bits per heavy atom. The summed E-state index contributed by atoms with van der Waals surface area (Å²) in [5.74, 6) is 1.53. The molecule has 0 bridgehead atoms. The number of likely N-dealkylation sites (tertiary alicyclic amines) is 1. The normalized spacial score (nSPS) is 15.3. The summed E-state index contributed by atoms with van der Waals surface area (Å²) in [6.45, 7) is 6.63. The average molecular weight is 572 g/mol. The maximum Gasteiger partial charge on any atom is 0.204 e. The van der Waals surface area contributed by atoms with Gasteiger partial charge in [0, 0.05) is 49.6 Å². The molecular weight excluding hydrogens is 537 g/mol. The molecule has 2 aromatic heterocycles. The summed E-state index contributed by atoms with van der Waals surface area (Å²) >= 11 is 6.07. The topological polar surface area (TPSA) is 62.9 Å². The lowest BCUT2D eigenvalue weighted by Crippen LogP contribution is -2.41. The summed E-state index contributed by atoms with van der Waals surface area (Å²) < 4.78 is 17.8. The molecule has 1 aliphatic rings. The number of nitrogens with zero attached hydrogens (tertiary/aromatic N) is 5. The zero-order valence-corrected chi connectivity index (χ0v) is 23.9. The van der Waals surface area contributed by atoms with Crippen LogP contribution < -0.4 is 10.6 Å². The number of aromatic nitrogens is 4. The summed E-state index contributed by atoms with van der Waals surface area (Å²) in [5.41, 5.74) is 4.27. The van der Waals surface area contributed by atoms with Crippen LogP contribution in [0.4, 0.5) is 16.3 Å². The molecule has 1 saturated heterocycles. The third kappa shape index (κ3) is 6.39. The molecule has 9 heteroatoms. The molecule has 0 spiro atoms. The average Bonchev–Trinajstić information content (AvgIpc) is 3.60. The second-order valence-corrected chi connectivity index (χ2v) is 11.1. The van der Waals surface area contributed by atoms with Crippen LogP contribution in [-0.4, -0.2) is 56.2 Å². The molecule has 6 rings (SSSR count). The monoisotopic (exact) mass is 571 g/mol. The van der Waals surface area contributed by atoms with Gasteiger partial charge in [0.25, 0.3) is 0 Å². The summed E-state index contributed by atoms with van der Waals surface area (Å²) in [6, 6.07) is 23.4. The standard InChI is InChI=1S/C32H35ClFN7/c1-23(25-8-10-26(33)11-9-25)40-21-17-36-31(40)35-16-20-39-18-14-28(15-19-39)37-32-38-29-4-2-3-5-30(29)41(32)22-24-6-12-27(34)13-7-24/h2-13,17,21,23,28H,14-16,18-20,22H2,1H3,(H,35,36)(H,37,38). The summed E-state index contributed by atoms with van der Waals surface area (Å²) in [5, 5.41) is 8.00. The zero-order valence-electron chi connectivity index (χ0n) is 23.2. The lowest BCUT2D eigenvalue weighted by molar-refractivity contribution is 0.226. The molecule has 1 unspecified atom stereocenters. The molecule has 7 nitrogen and oxygen atoms in total. The first-order valence-corrected chi connectivity index (χ1v) is 14.6. The largest absolute Gasteiger partial charge is 0.354 e. The highest BCUT2D eigenvalue weighted by atomic mass is 35.5. The van der Waals surface area contributed by atoms with Gasteiger partial charge in [-0.2, -0.15) is 0 Å². The van der Waals surface area contributed by atoms with Crippen LogP contribution in [0.15, 0.2) is 85.2 Å². The van der Waals surface area contributed by atoms with Crippen LogP contribution in [0.3, 0.4) is 0 Å². The number of halogens is 2. The van der Waals surface area contributed by atoms with Gasteiger partial charge in [0.1, 0.15) is 5.82 Å². The van der Waals surface area contributed by atoms with Crippen molar-refractivity contribution in [3.8, 4) is 0 Å². The van der Waals surface area contributed by atoms with Crippen molar-refractivity contribution < 1.29 is 4.39 Å². The van der Waals surface area contributed by atoms with E-state index in [2.05, 4.69) is 54.8 Å².